The highest BCUT2D eigenvalue weighted by atomic mass is 16.7. The molecule has 5 rings (SSSR count). The number of hydrogen-bond acceptors (Lipinski definition) is 5. The minimum Gasteiger partial charge on any atom is -0.456 e. The molecule has 0 unspecified atom stereocenters. The standard InChI is InChI=1S/C28H32N4O3/c1-19-7-6-10-24(31-19)25-17-30-27(23-13-11-22(12-14-23)16-29-20(2)33)32(25)28-26(34-18-35-28)15-21-8-4-3-5-9-21/h3-10,17,22-23H,11-16,18H2,1-2H3,(H,29,33). The molecule has 0 saturated heterocycles. The lowest BCUT2D eigenvalue weighted by Crippen LogP contribution is -2.29. The topological polar surface area (TPSA) is 78.3 Å². The molecule has 1 saturated carbocycles. The molecule has 2 aliphatic rings. The van der Waals surface area contributed by atoms with Gasteiger partial charge in [0.2, 0.25) is 18.6 Å². The average molecular weight is 473 g/mol. The molecule has 1 amide bonds. The number of amides is 1. The number of allylic oxidation sites excluding steroid dienone is 1. The third-order valence-electron chi connectivity index (χ3n) is 6.87. The third-order valence-corrected chi connectivity index (χ3v) is 6.87. The van der Waals surface area contributed by atoms with E-state index in [2.05, 4.69) is 22.0 Å². The van der Waals surface area contributed by atoms with Gasteiger partial charge in [-0.15, -0.1) is 0 Å². The van der Waals surface area contributed by atoms with Crippen LogP contribution in [0.1, 0.15) is 55.6 Å². The number of aryl methyl sites for hydroxylation is 1. The Morgan fingerprint density at radius 1 is 1.06 bits per heavy atom. The molecule has 7 heteroatoms. The van der Waals surface area contributed by atoms with Crippen molar-refractivity contribution in [1.82, 2.24) is 19.9 Å². The van der Waals surface area contributed by atoms with Crippen LogP contribution in [-0.2, 0) is 20.7 Å². The Balaban J connectivity index is 1.49. The maximum absolute atomic E-state index is 11.3. The number of ether oxygens (including phenoxy) is 2. The van der Waals surface area contributed by atoms with Gasteiger partial charge in [0.15, 0.2) is 5.76 Å². The SMILES string of the molecule is CC(=O)NCC1CCC(c2ncc(-c3cccc(C)n3)n2C2=C(Cc3ccccc3)OCO2)CC1. The van der Waals surface area contributed by atoms with Crippen LogP contribution in [0.5, 0.6) is 0 Å². The molecule has 182 valence electrons. The second-order valence-electron chi connectivity index (χ2n) is 9.45. The molecule has 0 bridgehead atoms. The second-order valence-corrected chi connectivity index (χ2v) is 9.45. The monoisotopic (exact) mass is 472 g/mol. The van der Waals surface area contributed by atoms with E-state index in [4.69, 9.17) is 19.4 Å². The zero-order chi connectivity index (χ0) is 24.2. The predicted octanol–water partition coefficient (Wildman–Crippen LogP) is 5.04. The summed E-state index contributed by atoms with van der Waals surface area (Å²) in [7, 11) is 0. The van der Waals surface area contributed by atoms with E-state index in [9.17, 15) is 4.79 Å². The van der Waals surface area contributed by atoms with Gasteiger partial charge < -0.3 is 14.8 Å². The molecule has 35 heavy (non-hydrogen) atoms. The van der Waals surface area contributed by atoms with Crippen LogP contribution in [0.2, 0.25) is 0 Å². The van der Waals surface area contributed by atoms with Gasteiger partial charge in [-0.05, 0) is 56.2 Å². The average Bonchev–Trinajstić information content (AvgIpc) is 3.50. The third kappa shape index (κ3) is 5.24. The quantitative estimate of drug-likeness (QED) is 0.521. The Morgan fingerprint density at radius 3 is 2.60 bits per heavy atom. The number of nitrogens with one attached hydrogen (secondary N) is 1. The molecule has 3 aromatic rings. The Hall–Kier alpha value is -3.61. The molecule has 3 heterocycles. The summed E-state index contributed by atoms with van der Waals surface area (Å²) in [5.41, 5.74) is 3.90. The lowest BCUT2D eigenvalue weighted by atomic mass is 9.81. The molecule has 1 fully saturated rings. The number of nitrogens with zero attached hydrogens (tertiary/aromatic N) is 3. The highest BCUT2D eigenvalue weighted by Gasteiger charge is 2.31. The number of benzene rings is 1. The fraction of sp³-hybridized carbons (Fsp3) is 0.393. The van der Waals surface area contributed by atoms with E-state index in [1.165, 1.54) is 5.56 Å². The van der Waals surface area contributed by atoms with Gasteiger partial charge in [-0.2, -0.15) is 0 Å². The van der Waals surface area contributed by atoms with Crippen LogP contribution in [0, 0.1) is 12.8 Å². The van der Waals surface area contributed by atoms with Gasteiger partial charge in [0, 0.05) is 31.5 Å². The fourth-order valence-corrected chi connectivity index (χ4v) is 5.04. The highest BCUT2D eigenvalue weighted by Crippen LogP contribution is 2.39. The summed E-state index contributed by atoms with van der Waals surface area (Å²) >= 11 is 0. The lowest BCUT2D eigenvalue weighted by Gasteiger charge is -2.28. The van der Waals surface area contributed by atoms with Crippen LogP contribution in [-0.4, -0.2) is 33.8 Å². The van der Waals surface area contributed by atoms with Crippen LogP contribution in [0.3, 0.4) is 0 Å². The van der Waals surface area contributed by atoms with E-state index in [0.29, 0.717) is 24.1 Å². The molecule has 1 aromatic carbocycles. The van der Waals surface area contributed by atoms with E-state index in [-0.39, 0.29) is 12.7 Å². The normalized spacial score (nSPS) is 19.8. The van der Waals surface area contributed by atoms with Gasteiger partial charge in [-0.1, -0.05) is 36.4 Å². The summed E-state index contributed by atoms with van der Waals surface area (Å²) in [6, 6.07) is 16.3. The van der Waals surface area contributed by atoms with Crippen molar-refractivity contribution in [2.24, 2.45) is 5.92 Å². The van der Waals surface area contributed by atoms with Crippen LogP contribution < -0.4 is 5.32 Å². The van der Waals surface area contributed by atoms with Crippen LogP contribution in [0.15, 0.2) is 60.5 Å². The Morgan fingerprint density at radius 2 is 1.86 bits per heavy atom. The van der Waals surface area contributed by atoms with Crippen molar-refractivity contribution in [1.29, 1.82) is 0 Å². The van der Waals surface area contributed by atoms with Crippen LogP contribution in [0.4, 0.5) is 0 Å². The van der Waals surface area contributed by atoms with Crippen molar-refractivity contribution in [3.05, 3.63) is 77.6 Å². The molecular formula is C28H32N4O3. The van der Waals surface area contributed by atoms with Gasteiger partial charge in [0.25, 0.3) is 0 Å². The Kier molecular flexibility index (Phi) is 6.84. The van der Waals surface area contributed by atoms with E-state index < -0.39 is 0 Å². The van der Waals surface area contributed by atoms with Gasteiger partial charge in [0.05, 0.1) is 17.6 Å². The number of carbonyl (C=O) groups excluding carboxylic acids is 1. The lowest BCUT2D eigenvalue weighted by molar-refractivity contribution is -0.119. The van der Waals surface area contributed by atoms with E-state index in [1.54, 1.807) is 6.92 Å². The number of rotatable bonds is 7. The zero-order valence-electron chi connectivity index (χ0n) is 20.4. The number of carbonyl (C=O) groups is 1. The number of pyridine rings is 1. The van der Waals surface area contributed by atoms with Crippen LogP contribution >= 0.6 is 0 Å². The highest BCUT2D eigenvalue weighted by molar-refractivity contribution is 5.72. The Bertz CT molecular complexity index is 1210. The molecule has 2 aromatic heterocycles. The van der Waals surface area contributed by atoms with Crippen molar-refractivity contribution in [2.45, 2.75) is 51.9 Å². The number of hydrogen-bond donors (Lipinski definition) is 1. The Labute approximate surface area is 206 Å². The second kappa shape index (κ2) is 10.3. The zero-order valence-corrected chi connectivity index (χ0v) is 20.4. The largest absolute Gasteiger partial charge is 0.456 e. The van der Waals surface area contributed by atoms with Crippen molar-refractivity contribution < 1.29 is 14.3 Å². The molecular weight excluding hydrogens is 440 g/mol. The summed E-state index contributed by atoms with van der Waals surface area (Å²) in [5.74, 6) is 3.36. The summed E-state index contributed by atoms with van der Waals surface area (Å²) in [6.07, 6.45) is 6.72. The minimum atomic E-state index is 0.0363. The van der Waals surface area contributed by atoms with Crippen molar-refractivity contribution in [3.63, 3.8) is 0 Å². The van der Waals surface area contributed by atoms with Crippen molar-refractivity contribution in [2.75, 3.05) is 13.3 Å². The first kappa shape index (κ1) is 23.1. The summed E-state index contributed by atoms with van der Waals surface area (Å²) < 4.78 is 14.2. The molecule has 1 N–H and O–H groups in total. The summed E-state index contributed by atoms with van der Waals surface area (Å²) in [5, 5.41) is 2.97. The fourth-order valence-electron chi connectivity index (χ4n) is 5.04. The maximum Gasteiger partial charge on any atom is 0.242 e. The van der Waals surface area contributed by atoms with Crippen LogP contribution in [0.25, 0.3) is 17.3 Å². The molecule has 0 atom stereocenters. The predicted molar refractivity (Wildman–Crippen MR) is 134 cm³/mol. The van der Waals surface area contributed by atoms with Crippen molar-refractivity contribution >= 4 is 11.8 Å². The van der Waals surface area contributed by atoms with E-state index in [1.807, 2.05) is 49.5 Å². The maximum atomic E-state index is 11.3. The molecule has 0 spiro atoms. The smallest absolute Gasteiger partial charge is 0.242 e. The first-order valence-corrected chi connectivity index (χ1v) is 12.4. The first-order valence-electron chi connectivity index (χ1n) is 12.4. The van der Waals surface area contributed by atoms with E-state index >= 15 is 0 Å². The van der Waals surface area contributed by atoms with Gasteiger partial charge in [-0.3, -0.25) is 14.3 Å². The molecule has 7 nitrogen and oxygen atoms in total. The number of imidazole rings is 1. The van der Waals surface area contributed by atoms with Gasteiger partial charge in [0.1, 0.15) is 5.82 Å². The molecule has 0 radical (unpaired) electrons. The summed E-state index contributed by atoms with van der Waals surface area (Å²) in [6.45, 7) is 4.52. The number of aromatic nitrogens is 3. The van der Waals surface area contributed by atoms with Crippen molar-refractivity contribution in [3.8, 4) is 11.4 Å². The van der Waals surface area contributed by atoms with Gasteiger partial charge in [-0.25, -0.2) is 4.98 Å². The summed E-state index contributed by atoms with van der Waals surface area (Å²) in [4.78, 5) is 21.0. The molecule has 1 aliphatic carbocycles. The molecule has 1 aliphatic heterocycles. The minimum absolute atomic E-state index is 0.0363. The van der Waals surface area contributed by atoms with E-state index in [0.717, 1.165) is 60.9 Å². The first-order chi connectivity index (χ1) is 17.1. The van der Waals surface area contributed by atoms with Gasteiger partial charge >= 0.3 is 0 Å².